The Bertz CT molecular complexity index is 1080. The van der Waals surface area contributed by atoms with Crippen molar-refractivity contribution in [3.63, 3.8) is 0 Å². The third-order valence-corrected chi connectivity index (χ3v) is 5.35. The van der Waals surface area contributed by atoms with E-state index in [2.05, 4.69) is 15.0 Å². The molecule has 1 amide bonds. The number of nitrogens with zero attached hydrogens (tertiary/aromatic N) is 1. The van der Waals surface area contributed by atoms with Crippen molar-refractivity contribution >= 4 is 39.0 Å². The van der Waals surface area contributed by atoms with Crippen LogP contribution in [0.4, 0.5) is 11.5 Å². The molecule has 0 atom stereocenters. The highest BCUT2D eigenvalue weighted by Crippen LogP contribution is 2.20. The fourth-order valence-corrected chi connectivity index (χ4v) is 3.53. The first kappa shape index (κ1) is 19.7. The third-order valence-electron chi connectivity index (χ3n) is 3.72. The summed E-state index contributed by atoms with van der Waals surface area (Å²) in [5.74, 6) is 0.388. The smallest absolute Gasteiger partial charge is 0.261 e. The minimum absolute atomic E-state index is 0.0437. The lowest BCUT2D eigenvalue weighted by Crippen LogP contribution is -2.16. The molecule has 2 aromatic carbocycles. The number of benzene rings is 2. The fraction of sp³-hybridized carbons (Fsp3) is 0.0526. The number of hydrogen-bond donors (Lipinski definition) is 2. The molecule has 9 heteroatoms. The van der Waals surface area contributed by atoms with E-state index < -0.39 is 15.9 Å². The molecule has 3 aromatic rings. The summed E-state index contributed by atoms with van der Waals surface area (Å²) in [4.78, 5) is 16.4. The van der Waals surface area contributed by atoms with Crippen molar-refractivity contribution in [1.82, 2.24) is 4.98 Å². The maximum atomic E-state index is 12.6. The molecule has 0 saturated carbocycles. The molecule has 0 saturated heterocycles. The van der Waals surface area contributed by atoms with Gasteiger partial charge in [-0.3, -0.25) is 9.52 Å². The molecule has 28 heavy (non-hydrogen) atoms. The van der Waals surface area contributed by atoms with Gasteiger partial charge in [0.25, 0.3) is 15.9 Å². The predicted molar refractivity (Wildman–Crippen MR) is 107 cm³/mol. The van der Waals surface area contributed by atoms with Crippen molar-refractivity contribution in [1.29, 1.82) is 0 Å². The Morgan fingerprint density at radius 2 is 1.82 bits per heavy atom. The third kappa shape index (κ3) is 4.79. The van der Waals surface area contributed by atoms with Crippen LogP contribution in [0.5, 0.6) is 5.75 Å². The first-order valence-electron chi connectivity index (χ1n) is 8.07. The van der Waals surface area contributed by atoms with Gasteiger partial charge in [0.1, 0.15) is 11.6 Å². The number of aromatic nitrogens is 1. The molecule has 0 aliphatic carbocycles. The van der Waals surface area contributed by atoms with Crippen molar-refractivity contribution < 1.29 is 17.9 Å². The molecule has 3 rings (SSSR count). The summed E-state index contributed by atoms with van der Waals surface area (Å²) in [5.41, 5.74) is 0.540. The van der Waals surface area contributed by atoms with E-state index in [1.807, 2.05) is 0 Å². The van der Waals surface area contributed by atoms with Crippen molar-refractivity contribution in [3.05, 3.63) is 77.4 Å². The van der Waals surface area contributed by atoms with Gasteiger partial charge in [0.05, 0.1) is 18.2 Å². The van der Waals surface area contributed by atoms with E-state index in [-0.39, 0.29) is 10.5 Å². The first-order chi connectivity index (χ1) is 13.4. The Labute approximate surface area is 167 Å². The standard InChI is InChI=1S/C19H16ClN3O4S/c1-27-16-9-10-18(21-12-16)22-19(24)13-3-2-4-17(11-13)28(25,26)23-15-7-5-14(20)6-8-15/h2-12,23H,1H3,(H,21,22,24). The number of carbonyl (C=O) groups is 1. The molecule has 0 spiro atoms. The van der Waals surface area contributed by atoms with E-state index >= 15 is 0 Å². The Balaban J connectivity index is 1.78. The summed E-state index contributed by atoms with van der Waals surface area (Å²) in [5, 5.41) is 3.10. The van der Waals surface area contributed by atoms with Crippen LogP contribution in [0.25, 0.3) is 0 Å². The molecular formula is C19H16ClN3O4S. The van der Waals surface area contributed by atoms with Gasteiger partial charge in [-0.05, 0) is 54.6 Å². The Hall–Kier alpha value is -3.10. The highest BCUT2D eigenvalue weighted by Gasteiger charge is 2.17. The second-order valence-corrected chi connectivity index (χ2v) is 7.80. The van der Waals surface area contributed by atoms with Crippen molar-refractivity contribution in [2.75, 3.05) is 17.1 Å². The van der Waals surface area contributed by atoms with Gasteiger partial charge >= 0.3 is 0 Å². The normalized spacial score (nSPS) is 10.9. The maximum absolute atomic E-state index is 12.6. The fourth-order valence-electron chi connectivity index (χ4n) is 2.30. The van der Waals surface area contributed by atoms with Crippen LogP contribution >= 0.6 is 11.6 Å². The average molecular weight is 418 g/mol. The lowest BCUT2D eigenvalue weighted by atomic mass is 10.2. The van der Waals surface area contributed by atoms with Crippen LogP contribution in [0.15, 0.2) is 71.8 Å². The Morgan fingerprint density at radius 1 is 1.07 bits per heavy atom. The number of pyridine rings is 1. The molecule has 144 valence electrons. The van der Waals surface area contributed by atoms with Gasteiger partial charge in [-0.15, -0.1) is 0 Å². The Kier molecular flexibility index (Phi) is 5.81. The van der Waals surface area contributed by atoms with E-state index in [1.165, 1.54) is 37.6 Å². The summed E-state index contributed by atoms with van der Waals surface area (Å²) in [6.07, 6.45) is 1.46. The van der Waals surface area contributed by atoms with E-state index in [9.17, 15) is 13.2 Å². The van der Waals surface area contributed by atoms with Crippen LogP contribution in [-0.2, 0) is 10.0 Å². The zero-order chi connectivity index (χ0) is 20.1. The summed E-state index contributed by atoms with van der Waals surface area (Å²) in [6.45, 7) is 0. The molecule has 0 unspecified atom stereocenters. The van der Waals surface area contributed by atoms with Gasteiger partial charge in [-0.1, -0.05) is 17.7 Å². The van der Waals surface area contributed by atoms with Crippen molar-refractivity contribution in [2.45, 2.75) is 4.90 Å². The Morgan fingerprint density at radius 3 is 2.46 bits per heavy atom. The van der Waals surface area contributed by atoms with Crippen LogP contribution in [0, 0.1) is 0 Å². The second kappa shape index (κ2) is 8.28. The number of anilines is 2. The number of methoxy groups -OCH3 is 1. The van der Waals surface area contributed by atoms with Crippen LogP contribution in [0.3, 0.4) is 0 Å². The zero-order valence-corrected chi connectivity index (χ0v) is 16.3. The van der Waals surface area contributed by atoms with Crippen LogP contribution < -0.4 is 14.8 Å². The molecule has 0 fully saturated rings. The molecule has 0 aliphatic heterocycles. The quantitative estimate of drug-likeness (QED) is 0.635. The van der Waals surface area contributed by atoms with E-state index in [4.69, 9.17) is 16.3 Å². The van der Waals surface area contributed by atoms with Gasteiger partial charge in [-0.25, -0.2) is 13.4 Å². The van der Waals surface area contributed by atoms with E-state index in [0.717, 1.165) is 0 Å². The van der Waals surface area contributed by atoms with Gasteiger partial charge in [0.15, 0.2) is 0 Å². The SMILES string of the molecule is COc1ccc(NC(=O)c2cccc(S(=O)(=O)Nc3ccc(Cl)cc3)c2)nc1. The van der Waals surface area contributed by atoms with Crippen molar-refractivity contribution in [3.8, 4) is 5.75 Å². The van der Waals surface area contributed by atoms with Gasteiger partial charge in [0, 0.05) is 16.3 Å². The first-order valence-corrected chi connectivity index (χ1v) is 9.93. The monoisotopic (exact) mass is 417 g/mol. The molecule has 0 bridgehead atoms. The largest absolute Gasteiger partial charge is 0.495 e. The van der Waals surface area contributed by atoms with E-state index in [0.29, 0.717) is 22.3 Å². The lowest BCUT2D eigenvalue weighted by Gasteiger charge is -2.10. The number of halogens is 1. The minimum atomic E-state index is -3.87. The molecule has 0 radical (unpaired) electrons. The molecular weight excluding hydrogens is 402 g/mol. The van der Waals surface area contributed by atoms with Crippen molar-refractivity contribution in [2.24, 2.45) is 0 Å². The summed E-state index contributed by atoms with van der Waals surface area (Å²) >= 11 is 5.81. The highest BCUT2D eigenvalue weighted by molar-refractivity contribution is 7.92. The van der Waals surface area contributed by atoms with Gasteiger partial charge < -0.3 is 10.1 Å². The molecule has 2 N–H and O–H groups in total. The summed E-state index contributed by atoms with van der Waals surface area (Å²) in [6, 6.07) is 15.2. The molecule has 1 heterocycles. The van der Waals surface area contributed by atoms with Gasteiger partial charge in [-0.2, -0.15) is 0 Å². The number of amides is 1. The highest BCUT2D eigenvalue weighted by atomic mass is 35.5. The number of ether oxygens (including phenoxy) is 1. The average Bonchev–Trinajstić information content (AvgIpc) is 2.70. The minimum Gasteiger partial charge on any atom is -0.495 e. The summed E-state index contributed by atoms with van der Waals surface area (Å²) < 4.78 is 32.6. The lowest BCUT2D eigenvalue weighted by molar-refractivity contribution is 0.102. The van der Waals surface area contributed by atoms with E-state index in [1.54, 1.807) is 36.4 Å². The maximum Gasteiger partial charge on any atom is 0.261 e. The summed E-state index contributed by atoms with van der Waals surface area (Å²) in [7, 11) is -2.36. The second-order valence-electron chi connectivity index (χ2n) is 5.68. The molecule has 0 aliphatic rings. The number of nitrogens with one attached hydrogen (secondary N) is 2. The van der Waals surface area contributed by atoms with Crippen LogP contribution in [-0.4, -0.2) is 26.4 Å². The number of carbonyl (C=O) groups excluding carboxylic acids is 1. The molecule has 1 aromatic heterocycles. The number of sulfonamides is 1. The van der Waals surface area contributed by atoms with Gasteiger partial charge in [0.2, 0.25) is 0 Å². The topological polar surface area (TPSA) is 97.4 Å². The predicted octanol–water partition coefficient (Wildman–Crippen LogP) is 3.80. The molecule has 7 nitrogen and oxygen atoms in total. The van der Waals surface area contributed by atoms with Crippen LogP contribution in [0.1, 0.15) is 10.4 Å². The zero-order valence-electron chi connectivity index (χ0n) is 14.7. The number of hydrogen-bond acceptors (Lipinski definition) is 5. The number of rotatable bonds is 6. The van der Waals surface area contributed by atoms with Crippen LogP contribution in [0.2, 0.25) is 5.02 Å².